The van der Waals surface area contributed by atoms with Gasteiger partial charge in [-0.25, -0.2) is 0 Å². The van der Waals surface area contributed by atoms with E-state index in [1.165, 1.54) is 0 Å². The van der Waals surface area contributed by atoms with Crippen LogP contribution in [0.15, 0.2) is 61.3 Å². The zero-order valence-electron chi connectivity index (χ0n) is 9.01. The van der Waals surface area contributed by atoms with Gasteiger partial charge < -0.3 is 0 Å². The van der Waals surface area contributed by atoms with E-state index in [0.29, 0.717) is 0 Å². The Morgan fingerprint density at radius 2 is 1.21 bits per heavy atom. The van der Waals surface area contributed by atoms with Gasteiger partial charge in [-0.05, 0) is 18.1 Å². The van der Waals surface area contributed by atoms with Crippen molar-refractivity contribution in [2.75, 3.05) is 0 Å². The summed E-state index contributed by atoms with van der Waals surface area (Å²) in [5.41, 5.74) is 2.07. The molecule has 14 heavy (non-hydrogen) atoms. The molecule has 0 aliphatic carbocycles. The van der Waals surface area contributed by atoms with Crippen molar-refractivity contribution in [3.05, 3.63) is 61.3 Å². The quantitative estimate of drug-likeness (QED) is 0.545. The second-order valence-corrected chi connectivity index (χ2v) is 2.02. The summed E-state index contributed by atoms with van der Waals surface area (Å²) in [6, 6.07) is 0. The Balaban J connectivity index is -0.000000376. The summed E-state index contributed by atoms with van der Waals surface area (Å²) in [5.74, 6) is 0. The van der Waals surface area contributed by atoms with Crippen molar-refractivity contribution in [2.24, 2.45) is 0 Å². The van der Waals surface area contributed by atoms with Crippen LogP contribution in [0.25, 0.3) is 0 Å². The molecule has 0 rings (SSSR count). The van der Waals surface area contributed by atoms with Gasteiger partial charge >= 0.3 is 0 Å². The number of rotatable bonds is 4. The molecule has 0 heterocycles. The smallest absolute Gasteiger partial charge is 0.0194 e. The average Bonchev–Trinajstić information content (AvgIpc) is 2.21. The van der Waals surface area contributed by atoms with Crippen LogP contribution < -0.4 is 0 Å². The molecule has 0 amide bonds. The van der Waals surface area contributed by atoms with Crippen LogP contribution in [-0.2, 0) is 0 Å². The first-order valence-corrected chi connectivity index (χ1v) is 4.54. The number of hydrogen-bond acceptors (Lipinski definition) is 0. The molecule has 0 radical (unpaired) electrons. The lowest BCUT2D eigenvalue weighted by atomic mass is 10.1. The molecule has 0 saturated heterocycles. The Morgan fingerprint density at radius 1 is 0.857 bits per heavy atom. The minimum absolute atomic E-state index is 0. The molecule has 0 aromatic rings. The van der Waals surface area contributed by atoms with Crippen molar-refractivity contribution >= 4 is 0 Å². The van der Waals surface area contributed by atoms with E-state index in [4.69, 9.17) is 0 Å². The van der Waals surface area contributed by atoms with Gasteiger partial charge in [0.25, 0.3) is 0 Å². The first-order chi connectivity index (χ1) is 6.29. The Kier molecular flexibility index (Phi) is 18.8. The molecule has 0 spiro atoms. The van der Waals surface area contributed by atoms with Crippen LogP contribution in [0.5, 0.6) is 0 Å². The normalized spacial score (nSPS) is 7.64. The topological polar surface area (TPSA) is 0 Å². The highest BCUT2D eigenvalue weighted by atomic mass is 13.9. The van der Waals surface area contributed by atoms with Gasteiger partial charge in [-0.2, -0.15) is 0 Å². The number of hydrogen-bond donors (Lipinski definition) is 0. The molecule has 0 bridgehead atoms. The van der Waals surface area contributed by atoms with E-state index in [0.717, 1.165) is 11.1 Å². The predicted octanol–water partition coefficient (Wildman–Crippen LogP) is 5.08. The second-order valence-electron chi connectivity index (χ2n) is 2.02. The fourth-order valence-electron chi connectivity index (χ4n) is 0.781. The Hall–Kier alpha value is -1.30. The van der Waals surface area contributed by atoms with E-state index in [1.54, 1.807) is 18.2 Å². The summed E-state index contributed by atoms with van der Waals surface area (Å²) in [6.07, 6.45) is 9.27. The van der Waals surface area contributed by atoms with E-state index < -0.39 is 0 Å². The fraction of sp³-hybridized carbons (Fsp3) is 0.286. The standard InChI is InChI=1S/C11H14.C2H6.CH4/c1-5-9-11(8-4)10(6-2)7-3;1-2;/h5-9H,2-4H2,1H3;1-2H3;1H4/b9-5-;;. The van der Waals surface area contributed by atoms with E-state index in [2.05, 4.69) is 19.7 Å². The van der Waals surface area contributed by atoms with Gasteiger partial charge in [-0.3, -0.25) is 0 Å². The zero-order valence-corrected chi connectivity index (χ0v) is 9.01. The molecule has 0 unspecified atom stereocenters. The van der Waals surface area contributed by atoms with Gasteiger partial charge in [-0.15, -0.1) is 0 Å². The molecule has 0 aromatic carbocycles. The van der Waals surface area contributed by atoms with Crippen LogP contribution in [0.1, 0.15) is 28.2 Å². The van der Waals surface area contributed by atoms with E-state index in [9.17, 15) is 0 Å². The van der Waals surface area contributed by atoms with Gasteiger partial charge in [0.15, 0.2) is 0 Å². The van der Waals surface area contributed by atoms with Gasteiger partial charge in [0, 0.05) is 0 Å². The highest BCUT2D eigenvalue weighted by molar-refractivity contribution is 5.44. The first-order valence-electron chi connectivity index (χ1n) is 4.54. The van der Waals surface area contributed by atoms with E-state index >= 15 is 0 Å². The number of allylic oxidation sites excluding steroid dienone is 7. The van der Waals surface area contributed by atoms with Crippen LogP contribution in [0.4, 0.5) is 0 Å². The van der Waals surface area contributed by atoms with Gasteiger partial charge in [-0.1, -0.05) is 71.4 Å². The molecule has 0 heteroatoms. The Morgan fingerprint density at radius 3 is 1.43 bits per heavy atom. The summed E-state index contributed by atoms with van der Waals surface area (Å²) in [4.78, 5) is 0. The van der Waals surface area contributed by atoms with Crippen LogP contribution in [0.3, 0.4) is 0 Å². The highest BCUT2D eigenvalue weighted by Crippen LogP contribution is 2.09. The van der Waals surface area contributed by atoms with Crippen molar-refractivity contribution in [3.63, 3.8) is 0 Å². The van der Waals surface area contributed by atoms with Crippen LogP contribution in [0, 0.1) is 0 Å². The average molecular weight is 192 g/mol. The fourth-order valence-corrected chi connectivity index (χ4v) is 0.781. The first kappa shape index (κ1) is 18.5. The molecule has 0 fully saturated rings. The lowest BCUT2D eigenvalue weighted by molar-refractivity contribution is 1.50. The Labute approximate surface area is 90.0 Å². The summed E-state index contributed by atoms with van der Waals surface area (Å²) >= 11 is 0. The molecule has 0 N–H and O–H groups in total. The SMILES string of the molecule is C.C=CC(C=C)=C(C=C)/C=C\C.CC. The third-order valence-corrected chi connectivity index (χ3v) is 1.34. The van der Waals surface area contributed by atoms with Gasteiger partial charge in [0.05, 0.1) is 0 Å². The van der Waals surface area contributed by atoms with E-state index in [1.807, 2.05) is 32.9 Å². The van der Waals surface area contributed by atoms with Crippen LogP contribution in [0.2, 0.25) is 0 Å². The van der Waals surface area contributed by atoms with Crippen molar-refractivity contribution in [1.82, 2.24) is 0 Å². The summed E-state index contributed by atoms with van der Waals surface area (Å²) in [6.45, 7) is 17.0. The molecule has 0 atom stereocenters. The van der Waals surface area contributed by atoms with Crippen LogP contribution >= 0.6 is 0 Å². The summed E-state index contributed by atoms with van der Waals surface area (Å²) in [7, 11) is 0. The lowest BCUT2D eigenvalue weighted by Crippen LogP contribution is -1.77. The van der Waals surface area contributed by atoms with Crippen molar-refractivity contribution < 1.29 is 0 Å². The summed E-state index contributed by atoms with van der Waals surface area (Å²) in [5, 5.41) is 0. The molecular formula is C14H24. The van der Waals surface area contributed by atoms with Gasteiger partial charge in [0.2, 0.25) is 0 Å². The highest BCUT2D eigenvalue weighted by Gasteiger charge is 1.89. The van der Waals surface area contributed by atoms with Crippen molar-refractivity contribution in [3.8, 4) is 0 Å². The Bertz CT molecular complexity index is 204. The second kappa shape index (κ2) is 14.2. The largest absolute Gasteiger partial charge is 0.0984 e. The third kappa shape index (κ3) is 7.35. The van der Waals surface area contributed by atoms with Crippen molar-refractivity contribution in [1.29, 1.82) is 0 Å². The third-order valence-electron chi connectivity index (χ3n) is 1.34. The van der Waals surface area contributed by atoms with Crippen LogP contribution in [-0.4, -0.2) is 0 Å². The monoisotopic (exact) mass is 192 g/mol. The zero-order chi connectivity index (χ0) is 10.7. The van der Waals surface area contributed by atoms with E-state index in [-0.39, 0.29) is 7.43 Å². The minimum Gasteiger partial charge on any atom is -0.0984 e. The van der Waals surface area contributed by atoms with Gasteiger partial charge in [0.1, 0.15) is 0 Å². The molecule has 0 aliphatic heterocycles. The minimum atomic E-state index is 0. The maximum absolute atomic E-state index is 3.69. The molecule has 0 nitrogen and oxygen atoms in total. The maximum atomic E-state index is 3.69. The van der Waals surface area contributed by atoms with Crippen molar-refractivity contribution in [2.45, 2.75) is 28.2 Å². The molecular weight excluding hydrogens is 168 g/mol. The maximum Gasteiger partial charge on any atom is -0.0194 e. The summed E-state index contributed by atoms with van der Waals surface area (Å²) < 4.78 is 0. The molecule has 0 aromatic heterocycles. The molecule has 0 saturated carbocycles. The lowest BCUT2D eigenvalue weighted by Gasteiger charge is -1.97. The predicted molar refractivity (Wildman–Crippen MR) is 70.5 cm³/mol. The molecule has 80 valence electrons. The molecule has 0 aliphatic rings.